The normalized spacial score (nSPS) is 12.7. The van der Waals surface area contributed by atoms with Crippen molar-refractivity contribution in [1.82, 2.24) is 0 Å². The molecule has 20 heavy (non-hydrogen) atoms. The molecule has 0 aliphatic rings. The second-order valence-corrected chi connectivity index (χ2v) is 6.39. The summed E-state index contributed by atoms with van der Waals surface area (Å²) in [6.45, 7) is 5.14. The van der Waals surface area contributed by atoms with Crippen molar-refractivity contribution in [3.8, 4) is 5.75 Å². The van der Waals surface area contributed by atoms with Crippen LogP contribution in [-0.4, -0.2) is 24.1 Å². The van der Waals surface area contributed by atoms with Gasteiger partial charge in [-0.3, -0.25) is 9.59 Å². The van der Waals surface area contributed by atoms with Crippen molar-refractivity contribution in [1.29, 1.82) is 0 Å². The number of carbonyl (C=O) groups is 2. The highest BCUT2D eigenvalue weighted by atomic mass is 79.9. The van der Waals surface area contributed by atoms with Gasteiger partial charge in [-0.15, -0.1) is 0 Å². The number of amides is 1. The first-order chi connectivity index (χ1) is 9.16. The van der Waals surface area contributed by atoms with Crippen molar-refractivity contribution in [2.75, 3.05) is 12.4 Å². The fourth-order valence-electron chi connectivity index (χ4n) is 1.86. The van der Waals surface area contributed by atoms with Crippen LogP contribution in [-0.2, 0) is 9.59 Å². The Balaban J connectivity index is 3.06. The minimum atomic E-state index is -1.15. The zero-order chi connectivity index (χ0) is 15.5. The average Bonchev–Trinajstić information content (AvgIpc) is 2.26. The molecule has 0 heterocycles. The molecule has 0 saturated heterocycles. The number of aliphatic carboxylic acids is 1. The lowest BCUT2D eigenvalue weighted by Gasteiger charge is -2.26. The molecule has 5 nitrogen and oxygen atoms in total. The van der Waals surface area contributed by atoms with Crippen LogP contribution in [0, 0.1) is 11.3 Å². The summed E-state index contributed by atoms with van der Waals surface area (Å²) in [4.78, 5) is 23.5. The number of halogens is 1. The van der Waals surface area contributed by atoms with Gasteiger partial charge >= 0.3 is 5.97 Å². The molecule has 1 atom stereocenters. The quantitative estimate of drug-likeness (QED) is 0.823. The second kappa shape index (κ2) is 6.26. The minimum absolute atomic E-state index is 0.433. The topological polar surface area (TPSA) is 75.6 Å². The molecule has 1 amide bonds. The molecule has 0 bridgehead atoms. The second-order valence-electron chi connectivity index (χ2n) is 5.47. The highest BCUT2D eigenvalue weighted by molar-refractivity contribution is 9.10. The number of carboxylic acids is 1. The van der Waals surface area contributed by atoms with Gasteiger partial charge in [0.25, 0.3) is 0 Å². The van der Waals surface area contributed by atoms with E-state index in [9.17, 15) is 14.7 Å². The zero-order valence-electron chi connectivity index (χ0n) is 11.9. The number of methoxy groups -OCH3 is 1. The minimum Gasteiger partial charge on any atom is -0.495 e. The molecule has 0 radical (unpaired) electrons. The Morgan fingerprint density at radius 1 is 1.35 bits per heavy atom. The Morgan fingerprint density at radius 2 is 1.95 bits per heavy atom. The summed E-state index contributed by atoms with van der Waals surface area (Å²) < 4.78 is 5.90. The van der Waals surface area contributed by atoms with E-state index in [-0.39, 0.29) is 0 Å². The molecule has 6 heteroatoms. The average molecular weight is 344 g/mol. The Labute approximate surface area is 126 Å². The summed E-state index contributed by atoms with van der Waals surface area (Å²) in [5.74, 6) is -2.39. The molecule has 0 aromatic heterocycles. The Bertz CT molecular complexity index is 522. The lowest BCUT2D eigenvalue weighted by atomic mass is 9.80. The van der Waals surface area contributed by atoms with Crippen LogP contribution >= 0.6 is 15.9 Å². The first-order valence-electron chi connectivity index (χ1n) is 6.04. The van der Waals surface area contributed by atoms with Gasteiger partial charge in [0.05, 0.1) is 12.8 Å². The predicted molar refractivity (Wildman–Crippen MR) is 79.9 cm³/mol. The van der Waals surface area contributed by atoms with E-state index < -0.39 is 23.2 Å². The number of carbonyl (C=O) groups excluding carboxylic acids is 1. The molecule has 1 unspecified atom stereocenters. The van der Waals surface area contributed by atoms with Gasteiger partial charge in [0.2, 0.25) is 5.91 Å². The van der Waals surface area contributed by atoms with Gasteiger partial charge in [-0.1, -0.05) is 36.7 Å². The van der Waals surface area contributed by atoms with E-state index >= 15 is 0 Å². The molecule has 2 N–H and O–H groups in total. The van der Waals surface area contributed by atoms with E-state index in [0.29, 0.717) is 11.4 Å². The van der Waals surface area contributed by atoms with Crippen LogP contribution in [0.25, 0.3) is 0 Å². The molecule has 110 valence electrons. The molecule has 0 saturated carbocycles. The number of hydrogen-bond acceptors (Lipinski definition) is 3. The summed E-state index contributed by atoms with van der Waals surface area (Å²) in [5.41, 5.74) is -0.253. The third-order valence-corrected chi connectivity index (χ3v) is 3.29. The Hall–Kier alpha value is -1.56. The summed E-state index contributed by atoms with van der Waals surface area (Å²) in [5, 5.41) is 11.9. The fourth-order valence-corrected chi connectivity index (χ4v) is 2.22. The largest absolute Gasteiger partial charge is 0.495 e. The van der Waals surface area contributed by atoms with Gasteiger partial charge in [-0.25, -0.2) is 0 Å². The van der Waals surface area contributed by atoms with Crippen LogP contribution in [0.5, 0.6) is 5.75 Å². The summed E-state index contributed by atoms with van der Waals surface area (Å²) in [7, 11) is 1.48. The van der Waals surface area contributed by atoms with E-state index in [2.05, 4.69) is 21.2 Å². The summed E-state index contributed by atoms with van der Waals surface area (Å²) >= 11 is 3.30. The van der Waals surface area contributed by atoms with Gasteiger partial charge in [0.15, 0.2) is 0 Å². The van der Waals surface area contributed by atoms with Crippen molar-refractivity contribution >= 4 is 33.5 Å². The van der Waals surface area contributed by atoms with Crippen molar-refractivity contribution in [3.05, 3.63) is 22.7 Å². The SMILES string of the molecule is COc1ccc(Br)cc1NC(=O)C(C(=O)O)C(C)(C)C. The number of nitrogens with one attached hydrogen (secondary N) is 1. The molecule has 0 aliphatic heterocycles. The molecular weight excluding hydrogens is 326 g/mol. The van der Waals surface area contributed by atoms with Gasteiger partial charge in [-0.2, -0.15) is 0 Å². The Morgan fingerprint density at radius 3 is 2.40 bits per heavy atom. The predicted octanol–water partition coefficient (Wildman–Crippen LogP) is 3.14. The first-order valence-corrected chi connectivity index (χ1v) is 6.83. The van der Waals surface area contributed by atoms with Crippen LogP contribution in [0.1, 0.15) is 20.8 Å². The molecule has 0 fully saturated rings. The zero-order valence-corrected chi connectivity index (χ0v) is 13.4. The standard InChI is InChI=1S/C14H18BrNO4/c1-14(2,3)11(13(18)19)12(17)16-9-7-8(15)5-6-10(9)20-4/h5-7,11H,1-4H3,(H,16,17)(H,18,19). The number of ether oxygens (including phenoxy) is 1. The third kappa shape index (κ3) is 3.96. The molecule has 1 aromatic carbocycles. The van der Waals surface area contributed by atoms with Crippen LogP contribution in [0.4, 0.5) is 5.69 Å². The lowest BCUT2D eigenvalue weighted by Crippen LogP contribution is -2.39. The summed E-state index contributed by atoms with van der Waals surface area (Å²) in [6, 6.07) is 5.12. The van der Waals surface area contributed by atoms with Crippen LogP contribution in [0.15, 0.2) is 22.7 Å². The maximum Gasteiger partial charge on any atom is 0.316 e. The van der Waals surface area contributed by atoms with Gasteiger partial charge in [0.1, 0.15) is 11.7 Å². The van der Waals surface area contributed by atoms with Crippen LogP contribution < -0.4 is 10.1 Å². The number of carboxylic acid groups (broad SMARTS) is 1. The van der Waals surface area contributed by atoms with E-state index in [1.165, 1.54) is 7.11 Å². The van der Waals surface area contributed by atoms with E-state index in [0.717, 1.165) is 4.47 Å². The smallest absolute Gasteiger partial charge is 0.316 e. The van der Waals surface area contributed by atoms with Crippen molar-refractivity contribution < 1.29 is 19.4 Å². The molecular formula is C14H18BrNO4. The maximum absolute atomic E-state index is 12.2. The molecule has 1 rings (SSSR count). The van der Waals surface area contributed by atoms with Crippen LogP contribution in [0.2, 0.25) is 0 Å². The number of benzene rings is 1. The van der Waals surface area contributed by atoms with Crippen molar-refractivity contribution in [3.63, 3.8) is 0 Å². The van der Waals surface area contributed by atoms with Crippen LogP contribution in [0.3, 0.4) is 0 Å². The van der Waals surface area contributed by atoms with Gasteiger partial charge in [-0.05, 0) is 23.6 Å². The Kier molecular flexibility index (Phi) is 5.16. The summed E-state index contributed by atoms with van der Waals surface area (Å²) in [6.07, 6.45) is 0. The van der Waals surface area contributed by atoms with Crippen molar-refractivity contribution in [2.45, 2.75) is 20.8 Å². The van der Waals surface area contributed by atoms with Crippen molar-refractivity contribution in [2.24, 2.45) is 11.3 Å². The monoisotopic (exact) mass is 343 g/mol. The van der Waals surface area contributed by atoms with E-state index in [1.807, 2.05) is 0 Å². The van der Waals surface area contributed by atoms with E-state index in [1.54, 1.807) is 39.0 Å². The highest BCUT2D eigenvalue weighted by Crippen LogP contribution is 2.31. The lowest BCUT2D eigenvalue weighted by molar-refractivity contribution is -0.149. The maximum atomic E-state index is 12.2. The number of anilines is 1. The molecule has 1 aromatic rings. The third-order valence-electron chi connectivity index (χ3n) is 2.79. The molecule has 0 spiro atoms. The highest BCUT2D eigenvalue weighted by Gasteiger charge is 2.38. The fraction of sp³-hybridized carbons (Fsp3) is 0.429. The van der Waals surface area contributed by atoms with Gasteiger partial charge < -0.3 is 15.2 Å². The van der Waals surface area contributed by atoms with E-state index in [4.69, 9.17) is 4.74 Å². The molecule has 0 aliphatic carbocycles. The number of hydrogen-bond donors (Lipinski definition) is 2. The number of rotatable bonds is 4. The van der Waals surface area contributed by atoms with Gasteiger partial charge in [0, 0.05) is 4.47 Å². The first kappa shape index (κ1) is 16.5.